The Morgan fingerprint density at radius 2 is 1.82 bits per heavy atom. The number of phenols is 1. The molecule has 0 bridgehead atoms. The number of aromatic nitrogens is 2. The SMILES string of the molecule is CCc1c(F)ccc2cc(O)cc(N3CCc4c(nc(OCC5(CN(C)C)CC5)nc4N4CCCN(CC(F)(F)F)CC4)C3)c12. The van der Waals surface area contributed by atoms with E-state index in [2.05, 4.69) is 14.7 Å². The number of fused-ring (bicyclic) bond motifs is 2. The molecule has 1 aliphatic carbocycles. The van der Waals surface area contributed by atoms with Crippen molar-refractivity contribution in [1.29, 1.82) is 0 Å². The first-order chi connectivity index (χ1) is 21.4. The minimum atomic E-state index is -4.24. The fraction of sp³-hybridized carbons (Fsp3) is 0.576. The van der Waals surface area contributed by atoms with Crippen LogP contribution in [0.15, 0.2) is 24.3 Å². The monoisotopic (exact) mass is 630 g/mol. The summed E-state index contributed by atoms with van der Waals surface area (Å²) in [6, 6.07) is 6.75. The van der Waals surface area contributed by atoms with Gasteiger partial charge in [0.05, 0.1) is 25.4 Å². The number of halogens is 4. The Hall–Kier alpha value is -3.38. The Morgan fingerprint density at radius 3 is 2.53 bits per heavy atom. The number of ether oxygens (including phenoxy) is 1. The van der Waals surface area contributed by atoms with Gasteiger partial charge in [0.1, 0.15) is 17.4 Å². The van der Waals surface area contributed by atoms with Gasteiger partial charge in [0.25, 0.3) is 0 Å². The number of aromatic hydroxyl groups is 1. The van der Waals surface area contributed by atoms with Crippen molar-refractivity contribution >= 4 is 22.3 Å². The smallest absolute Gasteiger partial charge is 0.401 e. The molecule has 0 unspecified atom stereocenters. The summed E-state index contributed by atoms with van der Waals surface area (Å²) in [5.41, 5.74) is 3.15. The number of hydrogen-bond donors (Lipinski definition) is 1. The van der Waals surface area contributed by atoms with Crippen LogP contribution in [0.5, 0.6) is 11.8 Å². The van der Waals surface area contributed by atoms with Gasteiger partial charge in [-0.15, -0.1) is 0 Å². The third-order valence-electron chi connectivity index (χ3n) is 9.26. The van der Waals surface area contributed by atoms with Crippen LogP contribution in [0.4, 0.5) is 29.1 Å². The van der Waals surface area contributed by atoms with Crippen LogP contribution >= 0.6 is 0 Å². The highest BCUT2D eigenvalue weighted by molar-refractivity contribution is 5.98. The second-order valence-electron chi connectivity index (χ2n) is 13.1. The van der Waals surface area contributed by atoms with E-state index in [9.17, 15) is 22.7 Å². The molecule has 2 fully saturated rings. The summed E-state index contributed by atoms with van der Waals surface area (Å²) in [4.78, 5) is 17.6. The van der Waals surface area contributed by atoms with Gasteiger partial charge >= 0.3 is 12.2 Å². The number of benzene rings is 2. The van der Waals surface area contributed by atoms with Crippen LogP contribution < -0.4 is 14.5 Å². The molecule has 45 heavy (non-hydrogen) atoms. The number of anilines is 2. The van der Waals surface area contributed by atoms with Crippen LogP contribution in [-0.2, 0) is 19.4 Å². The van der Waals surface area contributed by atoms with E-state index < -0.39 is 12.7 Å². The van der Waals surface area contributed by atoms with E-state index in [1.807, 2.05) is 21.0 Å². The molecule has 1 N–H and O–H groups in total. The average Bonchev–Trinajstić information content (AvgIpc) is 3.77. The number of hydrogen-bond acceptors (Lipinski definition) is 8. The standard InChI is InChI=1S/C33H42F4N6O2/c1-4-24-26(34)7-6-22-16-23(44)17-28(29(22)24)43-13-8-25-27(18-43)38-31(45-21-32(9-10-32)19-40(2)3)39-30(25)42-12-5-11-41(14-15-42)20-33(35,36)37/h6-7,16-17,44H,4-5,8-15,18-21H2,1-3H3. The minimum absolute atomic E-state index is 0.0662. The summed E-state index contributed by atoms with van der Waals surface area (Å²) in [7, 11) is 4.09. The second kappa shape index (κ2) is 12.4. The summed E-state index contributed by atoms with van der Waals surface area (Å²) in [6.45, 7) is 5.04. The van der Waals surface area contributed by atoms with Crippen molar-refractivity contribution in [3.63, 3.8) is 0 Å². The van der Waals surface area contributed by atoms with Gasteiger partial charge in [-0.05, 0) is 69.3 Å². The summed E-state index contributed by atoms with van der Waals surface area (Å²) < 4.78 is 60.7. The van der Waals surface area contributed by atoms with E-state index in [4.69, 9.17) is 14.7 Å². The lowest BCUT2D eigenvalue weighted by atomic mass is 9.97. The normalized spacial score (nSPS) is 18.8. The molecule has 3 aliphatic rings. The molecular formula is C33H42F4N6O2. The Bertz CT molecular complexity index is 1540. The predicted octanol–water partition coefficient (Wildman–Crippen LogP) is 5.39. The molecule has 0 radical (unpaired) electrons. The molecule has 244 valence electrons. The third-order valence-corrected chi connectivity index (χ3v) is 9.26. The van der Waals surface area contributed by atoms with Gasteiger partial charge in [0.15, 0.2) is 0 Å². The molecule has 2 aliphatic heterocycles. The fourth-order valence-electron chi connectivity index (χ4n) is 7.00. The highest BCUT2D eigenvalue weighted by Crippen LogP contribution is 2.46. The Morgan fingerprint density at radius 1 is 1.02 bits per heavy atom. The first-order valence-corrected chi connectivity index (χ1v) is 15.8. The Labute approximate surface area is 261 Å². The molecule has 0 amide bonds. The lowest BCUT2D eigenvalue weighted by Gasteiger charge is -2.34. The van der Waals surface area contributed by atoms with Crippen LogP contribution in [0.3, 0.4) is 0 Å². The molecule has 1 saturated carbocycles. The third kappa shape index (κ3) is 7.06. The number of nitrogens with zero attached hydrogens (tertiary/aromatic N) is 6. The number of phenolic OH excluding ortho intramolecular Hbond substituents is 1. The Balaban J connectivity index is 1.34. The number of aryl methyl sites for hydroxylation is 1. The van der Waals surface area contributed by atoms with E-state index >= 15 is 0 Å². The molecule has 0 spiro atoms. The number of alkyl halides is 3. The zero-order valence-corrected chi connectivity index (χ0v) is 26.3. The van der Waals surface area contributed by atoms with Crippen molar-refractivity contribution in [2.75, 3.05) is 76.3 Å². The summed E-state index contributed by atoms with van der Waals surface area (Å²) in [6.07, 6.45) is -0.423. The molecule has 6 rings (SSSR count). The molecule has 2 aromatic carbocycles. The van der Waals surface area contributed by atoms with E-state index in [0.717, 1.165) is 52.9 Å². The zero-order valence-electron chi connectivity index (χ0n) is 26.3. The van der Waals surface area contributed by atoms with Crippen LogP contribution in [0.1, 0.15) is 43.0 Å². The van der Waals surface area contributed by atoms with Crippen molar-refractivity contribution in [2.24, 2.45) is 5.41 Å². The average molecular weight is 631 g/mol. The lowest BCUT2D eigenvalue weighted by molar-refractivity contribution is -0.145. The highest BCUT2D eigenvalue weighted by Gasteiger charge is 2.44. The van der Waals surface area contributed by atoms with Crippen molar-refractivity contribution in [3.05, 3.63) is 46.9 Å². The molecule has 12 heteroatoms. The van der Waals surface area contributed by atoms with Crippen molar-refractivity contribution in [3.8, 4) is 11.8 Å². The quantitative estimate of drug-likeness (QED) is 0.316. The maximum Gasteiger partial charge on any atom is 0.401 e. The summed E-state index contributed by atoms with van der Waals surface area (Å²) in [5.74, 6) is 0.553. The molecule has 8 nitrogen and oxygen atoms in total. The first kappa shape index (κ1) is 31.6. The molecule has 3 aromatic rings. The van der Waals surface area contributed by atoms with E-state index in [-0.39, 0.29) is 29.5 Å². The van der Waals surface area contributed by atoms with Gasteiger partial charge < -0.3 is 24.5 Å². The van der Waals surface area contributed by atoms with Gasteiger partial charge in [-0.25, -0.2) is 4.39 Å². The molecular weight excluding hydrogens is 588 g/mol. The second-order valence-corrected chi connectivity index (χ2v) is 13.1. The predicted molar refractivity (Wildman–Crippen MR) is 167 cm³/mol. The van der Waals surface area contributed by atoms with Crippen LogP contribution in [0, 0.1) is 11.2 Å². The van der Waals surface area contributed by atoms with Crippen molar-refractivity contribution < 1.29 is 27.4 Å². The highest BCUT2D eigenvalue weighted by atomic mass is 19.4. The summed E-state index contributed by atoms with van der Waals surface area (Å²) in [5, 5.41) is 12.2. The van der Waals surface area contributed by atoms with Gasteiger partial charge in [-0.2, -0.15) is 23.1 Å². The van der Waals surface area contributed by atoms with E-state index in [1.165, 1.54) is 11.0 Å². The first-order valence-electron chi connectivity index (χ1n) is 15.8. The molecule has 0 atom stereocenters. The van der Waals surface area contributed by atoms with Crippen LogP contribution in [0.25, 0.3) is 10.8 Å². The topological polar surface area (TPSA) is 68.2 Å². The van der Waals surface area contributed by atoms with Gasteiger partial charge in [0, 0.05) is 67.4 Å². The van der Waals surface area contributed by atoms with E-state index in [1.54, 1.807) is 18.2 Å². The fourth-order valence-corrected chi connectivity index (χ4v) is 7.00. The zero-order chi connectivity index (χ0) is 31.9. The molecule has 1 aromatic heterocycles. The molecule has 1 saturated heterocycles. The van der Waals surface area contributed by atoms with Crippen LogP contribution in [0.2, 0.25) is 0 Å². The van der Waals surface area contributed by atoms with Crippen LogP contribution in [-0.4, -0.2) is 97.6 Å². The molecule has 3 heterocycles. The number of rotatable bonds is 9. The van der Waals surface area contributed by atoms with Crippen molar-refractivity contribution in [1.82, 2.24) is 19.8 Å². The maximum absolute atomic E-state index is 14.9. The Kier molecular flexibility index (Phi) is 8.73. The van der Waals surface area contributed by atoms with Crippen molar-refractivity contribution in [2.45, 2.75) is 51.7 Å². The van der Waals surface area contributed by atoms with E-state index in [0.29, 0.717) is 64.2 Å². The minimum Gasteiger partial charge on any atom is -0.508 e. The van der Waals surface area contributed by atoms with Gasteiger partial charge in [-0.3, -0.25) is 4.90 Å². The summed E-state index contributed by atoms with van der Waals surface area (Å²) >= 11 is 0. The lowest BCUT2D eigenvalue weighted by Crippen LogP contribution is -2.38. The largest absolute Gasteiger partial charge is 0.508 e. The maximum atomic E-state index is 14.9. The van der Waals surface area contributed by atoms with Gasteiger partial charge in [-0.1, -0.05) is 13.0 Å². The van der Waals surface area contributed by atoms with Gasteiger partial charge in [0.2, 0.25) is 0 Å².